The van der Waals surface area contributed by atoms with Gasteiger partial charge in [-0.25, -0.2) is 0 Å². The van der Waals surface area contributed by atoms with Gasteiger partial charge in [-0.05, 0) is 76.8 Å². The van der Waals surface area contributed by atoms with Gasteiger partial charge in [0.05, 0.1) is 0 Å². The summed E-state index contributed by atoms with van der Waals surface area (Å²) in [5, 5.41) is 7.67. The first-order chi connectivity index (χ1) is 21.8. The Hall–Kier alpha value is -5.72. The lowest BCUT2D eigenvalue weighted by Crippen LogP contribution is -1.90. The van der Waals surface area contributed by atoms with Crippen LogP contribution in [0.3, 0.4) is 0 Å². The second kappa shape index (κ2) is 11.2. The molecule has 0 aromatic heterocycles. The predicted octanol–water partition coefficient (Wildman–Crippen LogP) is 12.3. The molecule has 0 spiro atoms. The Morgan fingerprint density at radius 2 is 0.682 bits per heavy atom. The van der Waals surface area contributed by atoms with Gasteiger partial charge in [-0.2, -0.15) is 0 Å². The van der Waals surface area contributed by atoms with Crippen molar-refractivity contribution < 1.29 is 0 Å². The fourth-order valence-corrected chi connectivity index (χ4v) is 6.56. The van der Waals surface area contributed by atoms with E-state index in [1.54, 1.807) is 0 Å². The zero-order chi connectivity index (χ0) is 29.3. The van der Waals surface area contributed by atoms with Gasteiger partial charge in [0.15, 0.2) is 0 Å². The lowest BCUT2D eigenvalue weighted by atomic mass is 9.86. The molecule has 44 heavy (non-hydrogen) atoms. The molecule has 8 rings (SSSR count). The largest absolute Gasteiger partial charge is 0.0622 e. The zero-order valence-electron chi connectivity index (χ0n) is 24.3. The van der Waals surface area contributed by atoms with Crippen LogP contribution in [-0.2, 0) is 0 Å². The highest BCUT2D eigenvalue weighted by molar-refractivity contribution is 6.21. The van der Waals surface area contributed by atoms with E-state index in [0.29, 0.717) is 0 Å². The van der Waals surface area contributed by atoms with Crippen LogP contribution in [-0.4, -0.2) is 0 Å². The van der Waals surface area contributed by atoms with Gasteiger partial charge in [-0.1, -0.05) is 182 Å². The molecule has 0 aliphatic rings. The third-order valence-corrected chi connectivity index (χ3v) is 8.67. The summed E-state index contributed by atoms with van der Waals surface area (Å²) in [4.78, 5) is 0. The van der Waals surface area contributed by atoms with Crippen LogP contribution in [0.1, 0.15) is 11.1 Å². The van der Waals surface area contributed by atoms with Crippen molar-refractivity contribution in [3.8, 4) is 33.4 Å². The molecule has 8 aromatic carbocycles. The molecule has 0 amide bonds. The van der Waals surface area contributed by atoms with Crippen LogP contribution in [0, 0.1) is 0 Å². The smallest absolute Gasteiger partial charge is 0.00264 e. The first-order valence-corrected chi connectivity index (χ1v) is 15.2. The molecular weight excluding hydrogens is 528 g/mol. The molecular formula is C44H30. The number of fused-ring (bicyclic) bond motifs is 3. The standard InChI is InChI=1S/C44H30/c1-2-12-35(13-3-1)43-39-16-6-8-18-41(39)44(42-19-9-7-17-40(42)43)36-29-25-32(26-30-36)22-21-31-23-27-34(28-24-31)38-20-10-14-33-11-4-5-15-37(33)38/h1-30H. The summed E-state index contributed by atoms with van der Waals surface area (Å²) in [6.07, 6.45) is 4.40. The van der Waals surface area contributed by atoms with E-state index in [4.69, 9.17) is 0 Å². The van der Waals surface area contributed by atoms with Gasteiger partial charge in [-0.15, -0.1) is 0 Å². The monoisotopic (exact) mass is 558 g/mol. The summed E-state index contributed by atoms with van der Waals surface area (Å²) < 4.78 is 0. The van der Waals surface area contributed by atoms with E-state index < -0.39 is 0 Å². The number of rotatable bonds is 5. The molecule has 0 saturated carbocycles. The Bertz CT molecular complexity index is 2230. The van der Waals surface area contributed by atoms with Crippen LogP contribution in [0.4, 0.5) is 0 Å². The Balaban J connectivity index is 1.13. The van der Waals surface area contributed by atoms with E-state index in [0.717, 1.165) is 0 Å². The van der Waals surface area contributed by atoms with Crippen molar-refractivity contribution in [3.63, 3.8) is 0 Å². The van der Waals surface area contributed by atoms with E-state index in [1.165, 1.54) is 76.8 Å². The molecule has 0 heterocycles. The van der Waals surface area contributed by atoms with Crippen LogP contribution in [0.2, 0.25) is 0 Å². The first kappa shape index (κ1) is 25.9. The van der Waals surface area contributed by atoms with E-state index in [1.807, 2.05) is 0 Å². The van der Waals surface area contributed by atoms with Gasteiger partial charge in [0, 0.05) is 0 Å². The molecule has 0 bridgehead atoms. The molecule has 8 aromatic rings. The maximum Gasteiger partial charge on any atom is -0.00264 e. The van der Waals surface area contributed by atoms with Gasteiger partial charge in [0.25, 0.3) is 0 Å². The summed E-state index contributed by atoms with van der Waals surface area (Å²) in [6.45, 7) is 0. The highest BCUT2D eigenvalue weighted by atomic mass is 14.2. The second-order valence-electron chi connectivity index (χ2n) is 11.3. The molecule has 0 N–H and O–H groups in total. The van der Waals surface area contributed by atoms with E-state index in [9.17, 15) is 0 Å². The minimum atomic E-state index is 1.18. The van der Waals surface area contributed by atoms with Crippen LogP contribution in [0.5, 0.6) is 0 Å². The van der Waals surface area contributed by atoms with Crippen molar-refractivity contribution >= 4 is 44.5 Å². The van der Waals surface area contributed by atoms with Crippen LogP contribution in [0.15, 0.2) is 170 Å². The highest BCUT2D eigenvalue weighted by Crippen LogP contribution is 2.43. The third-order valence-electron chi connectivity index (χ3n) is 8.67. The van der Waals surface area contributed by atoms with E-state index >= 15 is 0 Å². The van der Waals surface area contributed by atoms with Crippen LogP contribution in [0.25, 0.3) is 77.9 Å². The maximum absolute atomic E-state index is 2.26. The quantitative estimate of drug-likeness (QED) is 0.146. The molecule has 0 saturated heterocycles. The number of hydrogen-bond acceptors (Lipinski definition) is 0. The van der Waals surface area contributed by atoms with Gasteiger partial charge < -0.3 is 0 Å². The summed E-state index contributed by atoms with van der Waals surface area (Å²) in [6, 6.07) is 61.3. The van der Waals surface area contributed by atoms with Crippen molar-refractivity contribution in [1.29, 1.82) is 0 Å². The van der Waals surface area contributed by atoms with Gasteiger partial charge in [0.2, 0.25) is 0 Å². The summed E-state index contributed by atoms with van der Waals surface area (Å²) in [5.74, 6) is 0. The first-order valence-electron chi connectivity index (χ1n) is 15.2. The lowest BCUT2D eigenvalue weighted by molar-refractivity contribution is 1.62. The van der Waals surface area contributed by atoms with Crippen molar-refractivity contribution in [2.45, 2.75) is 0 Å². The van der Waals surface area contributed by atoms with Gasteiger partial charge in [-0.3, -0.25) is 0 Å². The second-order valence-corrected chi connectivity index (χ2v) is 11.3. The van der Waals surface area contributed by atoms with Crippen molar-refractivity contribution in [2.24, 2.45) is 0 Å². The van der Waals surface area contributed by atoms with E-state index in [2.05, 4.69) is 182 Å². The molecule has 0 atom stereocenters. The molecule has 0 heteroatoms. The Labute approximate surface area is 258 Å². The van der Waals surface area contributed by atoms with Crippen molar-refractivity contribution in [1.82, 2.24) is 0 Å². The third kappa shape index (κ3) is 4.68. The topological polar surface area (TPSA) is 0 Å². The maximum atomic E-state index is 2.26. The predicted molar refractivity (Wildman–Crippen MR) is 191 cm³/mol. The molecule has 0 aliphatic heterocycles. The lowest BCUT2D eigenvalue weighted by Gasteiger charge is -2.17. The Kier molecular flexibility index (Phi) is 6.59. The van der Waals surface area contributed by atoms with Crippen LogP contribution < -0.4 is 0 Å². The van der Waals surface area contributed by atoms with E-state index in [-0.39, 0.29) is 0 Å². The number of hydrogen-bond donors (Lipinski definition) is 0. The number of benzene rings is 8. The minimum Gasteiger partial charge on any atom is -0.0622 e. The average molecular weight is 559 g/mol. The fraction of sp³-hybridized carbons (Fsp3) is 0. The SMILES string of the molecule is C(=Cc1ccc(-c2c3ccccc3c(-c3ccccc3)c3ccccc23)cc1)c1ccc(-c2cccc3ccccc23)cc1. The molecule has 206 valence electrons. The fourth-order valence-electron chi connectivity index (χ4n) is 6.56. The summed E-state index contributed by atoms with van der Waals surface area (Å²) in [7, 11) is 0. The van der Waals surface area contributed by atoms with Gasteiger partial charge in [0.1, 0.15) is 0 Å². The highest BCUT2D eigenvalue weighted by Gasteiger charge is 2.16. The summed E-state index contributed by atoms with van der Waals surface area (Å²) in [5.41, 5.74) is 9.94. The molecule has 0 fully saturated rings. The molecule has 0 unspecified atom stereocenters. The average Bonchev–Trinajstić information content (AvgIpc) is 3.10. The van der Waals surface area contributed by atoms with Crippen molar-refractivity contribution in [2.75, 3.05) is 0 Å². The van der Waals surface area contributed by atoms with Crippen LogP contribution >= 0.6 is 0 Å². The zero-order valence-corrected chi connectivity index (χ0v) is 24.3. The Morgan fingerprint density at radius 1 is 0.273 bits per heavy atom. The normalized spacial score (nSPS) is 11.5. The Morgan fingerprint density at radius 3 is 1.23 bits per heavy atom. The van der Waals surface area contributed by atoms with Gasteiger partial charge >= 0.3 is 0 Å². The minimum absolute atomic E-state index is 1.18. The molecule has 0 aliphatic carbocycles. The molecule has 0 nitrogen and oxygen atoms in total. The molecule has 0 radical (unpaired) electrons. The van der Waals surface area contributed by atoms with Crippen molar-refractivity contribution in [3.05, 3.63) is 181 Å². The summed E-state index contributed by atoms with van der Waals surface area (Å²) >= 11 is 0.